The third-order valence-corrected chi connectivity index (χ3v) is 5.14. The first-order valence-electron chi connectivity index (χ1n) is 10.8. The van der Waals surface area contributed by atoms with E-state index in [9.17, 15) is 19.2 Å². The van der Waals surface area contributed by atoms with E-state index in [4.69, 9.17) is 0 Å². The molecule has 0 unspecified atom stereocenters. The van der Waals surface area contributed by atoms with Gasteiger partial charge in [-0.1, -0.05) is 13.8 Å². The van der Waals surface area contributed by atoms with Crippen molar-refractivity contribution in [2.75, 3.05) is 36.8 Å². The van der Waals surface area contributed by atoms with Crippen LogP contribution in [-0.2, 0) is 9.59 Å². The van der Waals surface area contributed by atoms with Crippen LogP contribution in [0.3, 0.4) is 0 Å². The average Bonchev–Trinajstić information content (AvgIpc) is 2.78. The molecule has 0 heterocycles. The molecule has 1 aliphatic carbocycles. The molecule has 0 aromatic heterocycles. The van der Waals surface area contributed by atoms with Crippen molar-refractivity contribution in [2.24, 2.45) is 0 Å². The number of rotatable bonds is 10. The molecule has 0 bridgehead atoms. The fraction of sp³-hybridized carbons (Fsp3) is 0.333. The third-order valence-electron chi connectivity index (χ3n) is 5.14. The summed E-state index contributed by atoms with van der Waals surface area (Å²) in [5.74, 6) is -0.919. The molecule has 2 amide bonds. The minimum Gasteiger partial charge on any atom is -0.326 e. The molecule has 0 atom stereocenters. The van der Waals surface area contributed by atoms with Crippen molar-refractivity contribution in [3.05, 3.63) is 58.7 Å². The Labute approximate surface area is 187 Å². The number of amides is 2. The zero-order valence-corrected chi connectivity index (χ0v) is 18.3. The lowest BCUT2D eigenvalue weighted by Crippen LogP contribution is -2.24. The third kappa shape index (κ3) is 5.46. The Bertz CT molecular complexity index is 965. The minimum atomic E-state index is -0.289. The van der Waals surface area contributed by atoms with Gasteiger partial charge in [0.15, 0.2) is 11.6 Å². The van der Waals surface area contributed by atoms with Crippen LogP contribution >= 0.6 is 0 Å². The van der Waals surface area contributed by atoms with E-state index in [-0.39, 0.29) is 45.6 Å². The molecule has 168 valence electrons. The summed E-state index contributed by atoms with van der Waals surface area (Å²) in [6.07, 6.45) is 0.618. The zero-order chi connectivity index (χ0) is 23.1. The first kappa shape index (κ1) is 23.3. The molecule has 0 aliphatic heterocycles. The van der Waals surface area contributed by atoms with Crippen molar-refractivity contribution in [3.8, 4) is 0 Å². The van der Waals surface area contributed by atoms with Crippen LogP contribution in [0, 0.1) is 0 Å². The van der Waals surface area contributed by atoms with Crippen molar-refractivity contribution < 1.29 is 19.2 Å². The molecule has 32 heavy (non-hydrogen) atoms. The molecule has 4 N–H and O–H groups in total. The molecule has 0 spiro atoms. The van der Waals surface area contributed by atoms with Crippen LogP contribution in [0.5, 0.6) is 0 Å². The molecular weight excluding hydrogens is 408 g/mol. The number of carbonyl (C=O) groups excluding carboxylic acids is 4. The van der Waals surface area contributed by atoms with Crippen molar-refractivity contribution in [1.82, 2.24) is 10.6 Å². The van der Waals surface area contributed by atoms with Crippen LogP contribution in [0.15, 0.2) is 36.4 Å². The molecule has 1 aliphatic rings. The molecule has 2 aromatic carbocycles. The molecule has 3 rings (SSSR count). The summed E-state index contributed by atoms with van der Waals surface area (Å²) < 4.78 is 0. The number of anilines is 2. The van der Waals surface area contributed by atoms with E-state index in [0.717, 1.165) is 13.1 Å². The fourth-order valence-electron chi connectivity index (χ4n) is 3.51. The van der Waals surface area contributed by atoms with Crippen LogP contribution < -0.4 is 21.3 Å². The number of fused-ring (bicyclic) bond motifs is 2. The zero-order valence-electron chi connectivity index (χ0n) is 18.3. The summed E-state index contributed by atoms with van der Waals surface area (Å²) in [6.45, 7) is 6.61. The Kier molecular flexibility index (Phi) is 7.86. The monoisotopic (exact) mass is 436 g/mol. The predicted molar refractivity (Wildman–Crippen MR) is 123 cm³/mol. The largest absolute Gasteiger partial charge is 0.326 e. The Balaban J connectivity index is 1.76. The van der Waals surface area contributed by atoms with Gasteiger partial charge < -0.3 is 21.3 Å². The quantitative estimate of drug-likeness (QED) is 0.363. The summed E-state index contributed by atoms with van der Waals surface area (Å²) >= 11 is 0. The maximum atomic E-state index is 13.0. The average molecular weight is 437 g/mol. The molecule has 8 heteroatoms. The van der Waals surface area contributed by atoms with E-state index in [1.807, 2.05) is 13.8 Å². The molecule has 0 saturated heterocycles. The van der Waals surface area contributed by atoms with Gasteiger partial charge in [-0.3, -0.25) is 19.2 Å². The number of nitrogens with one attached hydrogen (secondary N) is 4. The van der Waals surface area contributed by atoms with Gasteiger partial charge in [0.2, 0.25) is 11.8 Å². The van der Waals surface area contributed by atoms with Crippen LogP contribution in [0.2, 0.25) is 0 Å². The lowest BCUT2D eigenvalue weighted by molar-refractivity contribution is -0.116. The van der Waals surface area contributed by atoms with Crippen molar-refractivity contribution in [1.29, 1.82) is 0 Å². The van der Waals surface area contributed by atoms with E-state index in [0.29, 0.717) is 37.3 Å². The second-order valence-electron chi connectivity index (χ2n) is 7.48. The highest BCUT2D eigenvalue weighted by molar-refractivity contribution is 6.29. The van der Waals surface area contributed by atoms with Gasteiger partial charge >= 0.3 is 0 Å². The van der Waals surface area contributed by atoms with Gasteiger partial charge in [-0.15, -0.1) is 0 Å². The fourth-order valence-corrected chi connectivity index (χ4v) is 3.51. The van der Waals surface area contributed by atoms with Crippen LogP contribution in [-0.4, -0.2) is 49.6 Å². The maximum Gasteiger partial charge on any atom is 0.225 e. The highest BCUT2D eigenvalue weighted by Gasteiger charge is 2.30. The summed E-state index contributed by atoms with van der Waals surface area (Å²) in [4.78, 5) is 50.2. The molecule has 0 radical (unpaired) electrons. The van der Waals surface area contributed by atoms with Crippen LogP contribution in [0.25, 0.3) is 0 Å². The maximum absolute atomic E-state index is 13.0. The van der Waals surface area contributed by atoms with Gasteiger partial charge in [-0.05, 0) is 49.5 Å². The van der Waals surface area contributed by atoms with Crippen LogP contribution in [0.4, 0.5) is 11.4 Å². The number of ketones is 2. The number of benzene rings is 2. The second kappa shape index (κ2) is 10.8. The van der Waals surface area contributed by atoms with Gasteiger partial charge in [-0.25, -0.2) is 0 Å². The number of hydrogen-bond acceptors (Lipinski definition) is 6. The van der Waals surface area contributed by atoms with E-state index in [1.165, 1.54) is 0 Å². The van der Waals surface area contributed by atoms with E-state index in [1.54, 1.807) is 36.4 Å². The lowest BCUT2D eigenvalue weighted by Gasteiger charge is -2.19. The summed E-state index contributed by atoms with van der Waals surface area (Å²) in [6, 6.07) is 9.43. The first-order chi connectivity index (χ1) is 15.4. The van der Waals surface area contributed by atoms with E-state index >= 15 is 0 Å². The minimum absolute atomic E-state index is 0.171. The molecule has 0 fully saturated rings. The molecule has 8 nitrogen and oxygen atoms in total. The smallest absolute Gasteiger partial charge is 0.225 e. The van der Waals surface area contributed by atoms with Crippen LogP contribution in [0.1, 0.15) is 58.5 Å². The van der Waals surface area contributed by atoms with Gasteiger partial charge in [-0.2, -0.15) is 0 Å². The standard InChI is InChI=1S/C24H28N4O4/c1-3-25-11-9-21(29)27-15-5-7-17-19(13-15)23(31)18-8-6-16(14-20(18)24(17)32)28-22(30)10-12-26-4-2/h5-8,13-14,25-26H,3-4,9-12H2,1-2H3,(H,27,29)(H,28,30). The number of carbonyl (C=O) groups is 4. The first-order valence-corrected chi connectivity index (χ1v) is 10.8. The van der Waals surface area contributed by atoms with Crippen molar-refractivity contribution >= 4 is 34.8 Å². The van der Waals surface area contributed by atoms with Gasteiger partial charge in [0.05, 0.1) is 0 Å². The van der Waals surface area contributed by atoms with Crippen molar-refractivity contribution in [2.45, 2.75) is 26.7 Å². The molecule has 2 aromatic rings. The Morgan fingerprint density at radius 1 is 0.656 bits per heavy atom. The van der Waals surface area contributed by atoms with E-state index in [2.05, 4.69) is 21.3 Å². The molecule has 0 saturated carbocycles. The Morgan fingerprint density at radius 2 is 1.06 bits per heavy atom. The summed E-state index contributed by atoms with van der Waals surface area (Å²) in [7, 11) is 0. The Hall–Kier alpha value is -3.36. The Morgan fingerprint density at radius 3 is 1.44 bits per heavy atom. The number of hydrogen-bond donors (Lipinski definition) is 4. The van der Waals surface area contributed by atoms with Gasteiger partial charge in [0, 0.05) is 59.6 Å². The van der Waals surface area contributed by atoms with Crippen molar-refractivity contribution in [3.63, 3.8) is 0 Å². The lowest BCUT2D eigenvalue weighted by atomic mass is 9.83. The summed E-state index contributed by atoms with van der Waals surface area (Å²) in [5.41, 5.74) is 2.02. The van der Waals surface area contributed by atoms with Gasteiger partial charge in [0.25, 0.3) is 0 Å². The predicted octanol–water partition coefficient (Wildman–Crippen LogP) is 2.34. The summed E-state index contributed by atoms with van der Waals surface area (Å²) in [5, 5.41) is 11.7. The second-order valence-corrected chi connectivity index (χ2v) is 7.48. The van der Waals surface area contributed by atoms with Gasteiger partial charge in [0.1, 0.15) is 0 Å². The van der Waals surface area contributed by atoms with E-state index < -0.39 is 0 Å². The topological polar surface area (TPSA) is 116 Å². The normalized spacial score (nSPS) is 12.2. The SMILES string of the molecule is CCNCCC(=O)Nc1ccc2c(c1)C(=O)c1ccc(NC(=O)CCNCC)cc1C2=O. The highest BCUT2D eigenvalue weighted by Crippen LogP contribution is 2.31. The highest BCUT2D eigenvalue weighted by atomic mass is 16.2. The molecular formula is C24H28N4O4.